The fourth-order valence-corrected chi connectivity index (χ4v) is 3.83. The van der Waals surface area contributed by atoms with E-state index in [0.29, 0.717) is 55.5 Å². The average molecular weight is 418 g/mol. The molecule has 0 amide bonds. The van der Waals surface area contributed by atoms with Gasteiger partial charge in [-0.25, -0.2) is 0 Å². The molecule has 1 unspecified atom stereocenters. The Hall–Kier alpha value is -2.48. The van der Waals surface area contributed by atoms with Crippen LogP contribution in [0.2, 0.25) is 0 Å². The molecule has 0 bridgehead atoms. The zero-order chi connectivity index (χ0) is 21.6. The summed E-state index contributed by atoms with van der Waals surface area (Å²) in [5, 5.41) is 21.4. The number of hydrogen-bond donors (Lipinski definition) is 2. The van der Waals surface area contributed by atoms with Crippen LogP contribution in [0, 0.1) is 0 Å². The highest BCUT2D eigenvalue weighted by molar-refractivity contribution is 5.55. The van der Waals surface area contributed by atoms with Gasteiger partial charge >= 0.3 is 0 Å². The standard InChI is InChI=1S/C23H31NO6/c1-27-20-13-19(14-21(28-2)22(20)29-3)30-16-18(25)15-24-11-9-23(26,10-12-24)17-7-5-4-6-8-17/h4-8,13-14,18,25-26H,9-12,15-16H2,1-3H3. The molecule has 2 aromatic rings. The van der Waals surface area contributed by atoms with E-state index in [1.807, 2.05) is 30.3 Å². The number of hydrogen-bond acceptors (Lipinski definition) is 7. The molecule has 164 valence electrons. The molecule has 7 heteroatoms. The zero-order valence-electron chi connectivity index (χ0n) is 17.8. The van der Waals surface area contributed by atoms with Crippen molar-refractivity contribution in [2.45, 2.75) is 24.5 Å². The maximum absolute atomic E-state index is 10.9. The Balaban J connectivity index is 1.52. The summed E-state index contributed by atoms with van der Waals surface area (Å²) in [5.74, 6) is 2.02. The van der Waals surface area contributed by atoms with Crippen molar-refractivity contribution >= 4 is 0 Å². The summed E-state index contributed by atoms with van der Waals surface area (Å²) in [6, 6.07) is 13.2. The van der Waals surface area contributed by atoms with E-state index >= 15 is 0 Å². The van der Waals surface area contributed by atoms with Crippen LogP contribution in [0.5, 0.6) is 23.0 Å². The van der Waals surface area contributed by atoms with Gasteiger partial charge in [-0.1, -0.05) is 30.3 Å². The molecular formula is C23H31NO6. The summed E-state index contributed by atoms with van der Waals surface area (Å²) in [5.41, 5.74) is 0.158. The van der Waals surface area contributed by atoms with E-state index in [1.54, 1.807) is 33.5 Å². The molecule has 7 nitrogen and oxygen atoms in total. The molecule has 1 fully saturated rings. The molecular weight excluding hydrogens is 386 g/mol. The van der Waals surface area contributed by atoms with Crippen LogP contribution in [-0.4, -0.2) is 68.8 Å². The molecule has 1 atom stereocenters. The summed E-state index contributed by atoms with van der Waals surface area (Å²) in [6.45, 7) is 2.05. The van der Waals surface area contributed by atoms with Gasteiger partial charge in [0, 0.05) is 31.8 Å². The Labute approximate surface area is 177 Å². The summed E-state index contributed by atoms with van der Waals surface area (Å²) < 4.78 is 21.7. The van der Waals surface area contributed by atoms with E-state index in [9.17, 15) is 10.2 Å². The van der Waals surface area contributed by atoms with Gasteiger partial charge in [0.05, 0.1) is 26.9 Å². The monoisotopic (exact) mass is 417 g/mol. The number of β-amino-alcohol motifs (C(OH)–C–C–N with tert-alkyl or cyclic N) is 1. The largest absolute Gasteiger partial charge is 0.493 e. The number of rotatable bonds is 9. The number of aliphatic hydroxyl groups excluding tert-OH is 1. The van der Waals surface area contributed by atoms with E-state index in [0.717, 1.165) is 5.56 Å². The molecule has 0 aliphatic carbocycles. The van der Waals surface area contributed by atoms with Crippen molar-refractivity contribution in [2.75, 3.05) is 47.6 Å². The molecule has 0 radical (unpaired) electrons. The maximum Gasteiger partial charge on any atom is 0.203 e. The second-order valence-electron chi connectivity index (χ2n) is 7.52. The van der Waals surface area contributed by atoms with Crippen LogP contribution in [0.3, 0.4) is 0 Å². The molecule has 1 aliphatic rings. The summed E-state index contributed by atoms with van der Waals surface area (Å²) >= 11 is 0. The fraction of sp³-hybridized carbons (Fsp3) is 0.478. The predicted octanol–water partition coefficient (Wildman–Crippen LogP) is 2.44. The summed E-state index contributed by atoms with van der Waals surface area (Å²) in [7, 11) is 4.63. The van der Waals surface area contributed by atoms with Crippen molar-refractivity contribution < 1.29 is 29.2 Å². The second-order valence-corrected chi connectivity index (χ2v) is 7.52. The van der Waals surface area contributed by atoms with Crippen LogP contribution in [0.4, 0.5) is 0 Å². The normalized spacial score (nSPS) is 17.2. The third kappa shape index (κ3) is 5.16. The third-order valence-corrected chi connectivity index (χ3v) is 5.54. The Bertz CT molecular complexity index is 780. The van der Waals surface area contributed by atoms with Crippen molar-refractivity contribution in [2.24, 2.45) is 0 Å². The van der Waals surface area contributed by atoms with Gasteiger partial charge in [0.15, 0.2) is 11.5 Å². The minimum atomic E-state index is -0.796. The van der Waals surface area contributed by atoms with Gasteiger partial charge in [-0.15, -0.1) is 0 Å². The molecule has 0 spiro atoms. The van der Waals surface area contributed by atoms with Crippen LogP contribution in [0.15, 0.2) is 42.5 Å². The van der Waals surface area contributed by atoms with Gasteiger partial charge in [-0.3, -0.25) is 0 Å². The first-order valence-corrected chi connectivity index (χ1v) is 10.1. The molecule has 30 heavy (non-hydrogen) atoms. The van der Waals surface area contributed by atoms with Crippen LogP contribution >= 0.6 is 0 Å². The van der Waals surface area contributed by atoms with Gasteiger partial charge in [0.1, 0.15) is 18.5 Å². The highest BCUT2D eigenvalue weighted by Gasteiger charge is 2.34. The van der Waals surface area contributed by atoms with Crippen LogP contribution in [0.1, 0.15) is 18.4 Å². The predicted molar refractivity (Wildman–Crippen MR) is 114 cm³/mol. The first-order valence-electron chi connectivity index (χ1n) is 10.1. The van der Waals surface area contributed by atoms with E-state index in [1.165, 1.54) is 0 Å². The number of aliphatic hydroxyl groups is 2. The Morgan fingerprint density at radius 1 is 0.967 bits per heavy atom. The SMILES string of the molecule is COc1cc(OCC(O)CN2CCC(O)(c3ccccc3)CC2)cc(OC)c1OC. The lowest BCUT2D eigenvalue weighted by molar-refractivity contribution is -0.0372. The van der Waals surface area contributed by atoms with Crippen LogP contribution in [-0.2, 0) is 5.60 Å². The van der Waals surface area contributed by atoms with Crippen molar-refractivity contribution in [1.29, 1.82) is 0 Å². The van der Waals surface area contributed by atoms with Gasteiger partial charge in [-0.2, -0.15) is 0 Å². The maximum atomic E-state index is 10.9. The first-order chi connectivity index (χ1) is 14.5. The van der Waals surface area contributed by atoms with Crippen molar-refractivity contribution in [3.63, 3.8) is 0 Å². The van der Waals surface area contributed by atoms with Gasteiger partial charge in [0.2, 0.25) is 5.75 Å². The summed E-state index contributed by atoms with van der Waals surface area (Å²) in [4.78, 5) is 2.15. The number of likely N-dealkylation sites (tertiary alicyclic amines) is 1. The molecule has 3 rings (SSSR count). The molecule has 0 aromatic heterocycles. The van der Waals surface area contributed by atoms with E-state index in [4.69, 9.17) is 18.9 Å². The number of ether oxygens (including phenoxy) is 4. The lowest BCUT2D eigenvalue weighted by Crippen LogP contribution is -2.46. The van der Waals surface area contributed by atoms with Crippen LogP contribution < -0.4 is 18.9 Å². The quantitative estimate of drug-likeness (QED) is 0.649. The molecule has 2 N–H and O–H groups in total. The molecule has 0 saturated carbocycles. The Morgan fingerprint density at radius 2 is 1.57 bits per heavy atom. The van der Waals surface area contributed by atoms with Gasteiger partial charge in [-0.05, 0) is 18.4 Å². The lowest BCUT2D eigenvalue weighted by Gasteiger charge is -2.39. The number of piperidine rings is 1. The highest BCUT2D eigenvalue weighted by atomic mass is 16.5. The van der Waals surface area contributed by atoms with Crippen molar-refractivity contribution in [3.05, 3.63) is 48.0 Å². The van der Waals surface area contributed by atoms with Gasteiger partial charge < -0.3 is 34.1 Å². The lowest BCUT2D eigenvalue weighted by atomic mass is 9.84. The van der Waals surface area contributed by atoms with E-state index in [-0.39, 0.29) is 6.61 Å². The van der Waals surface area contributed by atoms with Crippen molar-refractivity contribution in [3.8, 4) is 23.0 Å². The summed E-state index contributed by atoms with van der Waals surface area (Å²) in [6.07, 6.45) is 0.613. The molecule has 1 saturated heterocycles. The molecule has 1 aliphatic heterocycles. The molecule has 1 heterocycles. The zero-order valence-corrected chi connectivity index (χ0v) is 17.8. The second kappa shape index (κ2) is 10.0. The molecule has 2 aromatic carbocycles. The smallest absolute Gasteiger partial charge is 0.203 e. The number of benzene rings is 2. The Morgan fingerprint density at radius 3 is 2.10 bits per heavy atom. The van der Waals surface area contributed by atoms with E-state index in [2.05, 4.69) is 4.90 Å². The Kier molecular flexibility index (Phi) is 7.42. The van der Waals surface area contributed by atoms with Crippen molar-refractivity contribution in [1.82, 2.24) is 4.90 Å². The minimum Gasteiger partial charge on any atom is -0.493 e. The average Bonchev–Trinajstić information content (AvgIpc) is 2.79. The number of methoxy groups -OCH3 is 3. The number of nitrogens with zero attached hydrogens (tertiary/aromatic N) is 1. The third-order valence-electron chi connectivity index (χ3n) is 5.54. The first kappa shape index (κ1) is 22.2. The highest BCUT2D eigenvalue weighted by Crippen LogP contribution is 2.40. The van der Waals surface area contributed by atoms with E-state index < -0.39 is 11.7 Å². The topological polar surface area (TPSA) is 80.6 Å². The van der Waals surface area contributed by atoms with Gasteiger partial charge in [0.25, 0.3) is 0 Å². The van der Waals surface area contributed by atoms with Crippen LogP contribution in [0.25, 0.3) is 0 Å². The minimum absolute atomic E-state index is 0.137. The fourth-order valence-electron chi connectivity index (χ4n) is 3.83.